The summed E-state index contributed by atoms with van der Waals surface area (Å²) >= 11 is 0. The number of likely N-dealkylation sites (tertiary alicyclic amines) is 1. The Balaban J connectivity index is 1.41. The normalized spacial score (nSPS) is 31.4. The molecule has 4 heterocycles. The summed E-state index contributed by atoms with van der Waals surface area (Å²) in [7, 11) is 0. The standard InChI is InChI=1S/C21H29N3O3/c1-13(2)6-19(25)24-11-17-16(18-4-5-21(17,12-24)27-18)10-23-20(26)15-7-14(3)8-22-9-15/h7-9,13,16-18H,4-6,10-12H2,1-3H3,(H,23,26)/t16-,17+,18+,21+/m0/s1. The zero-order valence-corrected chi connectivity index (χ0v) is 16.4. The van der Waals surface area contributed by atoms with Gasteiger partial charge in [0.2, 0.25) is 5.91 Å². The molecule has 1 N–H and O–H groups in total. The second kappa shape index (κ2) is 6.89. The summed E-state index contributed by atoms with van der Waals surface area (Å²) in [6.45, 7) is 8.15. The fraction of sp³-hybridized carbons (Fsp3) is 0.667. The molecule has 0 aliphatic carbocycles. The monoisotopic (exact) mass is 371 g/mol. The van der Waals surface area contributed by atoms with Gasteiger partial charge in [0.05, 0.1) is 23.8 Å². The lowest BCUT2D eigenvalue weighted by atomic mass is 9.73. The molecule has 4 rings (SSSR count). The van der Waals surface area contributed by atoms with Crippen LogP contribution < -0.4 is 5.32 Å². The maximum atomic E-state index is 12.5. The van der Waals surface area contributed by atoms with Crippen LogP contribution in [0.4, 0.5) is 0 Å². The number of nitrogens with one attached hydrogen (secondary N) is 1. The Morgan fingerprint density at radius 3 is 2.96 bits per heavy atom. The lowest BCUT2D eigenvalue weighted by Gasteiger charge is -2.29. The van der Waals surface area contributed by atoms with Crippen molar-refractivity contribution in [3.63, 3.8) is 0 Å². The van der Waals surface area contributed by atoms with E-state index in [1.165, 1.54) is 0 Å². The average Bonchev–Trinajstić information content (AvgIpc) is 3.27. The highest BCUT2D eigenvalue weighted by Gasteiger charge is 2.63. The molecule has 0 aromatic carbocycles. The highest BCUT2D eigenvalue weighted by Crippen LogP contribution is 2.54. The van der Waals surface area contributed by atoms with Crippen molar-refractivity contribution in [2.24, 2.45) is 17.8 Å². The van der Waals surface area contributed by atoms with E-state index in [1.54, 1.807) is 12.4 Å². The molecule has 0 unspecified atom stereocenters. The first kappa shape index (κ1) is 18.4. The number of carbonyl (C=O) groups excluding carboxylic acids is 2. The van der Waals surface area contributed by atoms with E-state index >= 15 is 0 Å². The first-order chi connectivity index (χ1) is 12.9. The molecule has 1 aromatic rings. The Labute approximate surface area is 160 Å². The molecule has 6 heteroatoms. The van der Waals surface area contributed by atoms with Crippen LogP contribution in [0.3, 0.4) is 0 Å². The molecule has 4 atom stereocenters. The molecule has 2 amide bonds. The Morgan fingerprint density at radius 2 is 2.22 bits per heavy atom. The molecule has 146 valence electrons. The van der Waals surface area contributed by atoms with Gasteiger partial charge in [-0.3, -0.25) is 14.6 Å². The number of hydrogen-bond acceptors (Lipinski definition) is 4. The van der Waals surface area contributed by atoms with Gasteiger partial charge in [-0.25, -0.2) is 0 Å². The number of rotatable bonds is 5. The Hall–Kier alpha value is -1.95. The minimum atomic E-state index is -0.183. The van der Waals surface area contributed by atoms with E-state index in [9.17, 15) is 9.59 Å². The molecule has 3 fully saturated rings. The molecule has 2 bridgehead atoms. The third-order valence-corrected chi connectivity index (χ3v) is 6.35. The number of carbonyl (C=O) groups is 2. The van der Waals surface area contributed by atoms with Crippen LogP contribution in [0.15, 0.2) is 18.5 Å². The molecule has 6 nitrogen and oxygen atoms in total. The summed E-state index contributed by atoms with van der Waals surface area (Å²) in [5.74, 6) is 1.11. The van der Waals surface area contributed by atoms with Crippen LogP contribution >= 0.6 is 0 Å². The average molecular weight is 371 g/mol. The smallest absolute Gasteiger partial charge is 0.252 e. The van der Waals surface area contributed by atoms with Gasteiger partial charge in [0, 0.05) is 43.7 Å². The van der Waals surface area contributed by atoms with E-state index in [-0.39, 0.29) is 29.4 Å². The topological polar surface area (TPSA) is 71.5 Å². The molecule has 0 saturated carbocycles. The third-order valence-electron chi connectivity index (χ3n) is 6.35. The van der Waals surface area contributed by atoms with E-state index in [2.05, 4.69) is 24.1 Å². The lowest BCUT2D eigenvalue weighted by Crippen LogP contribution is -2.41. The number of aromatic nitrogens is 1. The second-order valence-corrected chi connectivity index (χ2v) is 8.86. The quantitative estimate of drug-likeness (QED) is 0.861. The number of pyridine rings is 1. The lowest BCUT2D eigenvalue weighted by molar-refractivity contribution is -0.132. The number of nitrogens with zero attached hydrogens (tertiary/aromatic N) is 2. The summed E-state index contributed by atoms with van der Waals surface area (Å²) in [5, 5.41) is 3.08. The van der Waals surface area contributed by atoms with Crippen molar-refractivity contribution in [3.05, 3.63) is 29.6 Å². The third kappa shape index (κ3) is 3.35. The maximum absolute atomic E-state index is 12.5. The molecule has 1 spiro atoms. The van der Waals surface area contributed by atoms with Crippen LogP contribution in [0, 0.1) is 24.7 Å². The Morgan fingerprint density at radius 1 is 1.41 bits per heavy atom. The largest absolute Gasteiger partial charge is 0.369 e. The van der Waals surface area contributed by atoms with Gasteiger partial charge in [-0.1, -0.05) is 13.8 Å². The predicted molar refractivity (Wildman–Crippen MR) is 101 cm³/mol. The van der Waals surface area contributed by atoms with Gasteiger partial charge in [-0.05, 0) is 37.3 Å². The van der Waals surface area contributed by atoms with Crippen LogP contribution in [0.2, 0.25) is 0 Å². The summed E-state index contributed by atoms with van der Waals surface area (Å²) in [5.41, 5.74) is 1.38. The Kier molecular flexibility index (Phi) is 4.70. The van der Waals surface area contributed by atoms with Gasteiger partial charge in [0.15, 0.2) is 0 Å². The highest BCUT2D eigenvalue weighted by atomic mass is 16.5. The van der Waals surface area contributed by atoms with E-state index in [4.69, 9.17) is 4.74 Å². The zero-order chi connectivity index (χ0) is 19.2. The molecule has 1 aromatic heterocycles. The summed E-state index contributed by atoms with van der Waals surface area (Å²) in [6.07, 6.45) is 6.19. The van der Waals surface area contributed by atoms with Gasteiger partial charge < -0.3 is 15.0 Å². The van der Waals surface area contributed by atoms with Crippen molar-refractivity contribution in [1.82, 2.24) is 15.2 Å². The van der Waals surface area contributed by atoms with Crippen LogP contribution in [-0.4, -0.2) is 53.0 Å². The van der Waals surface area contributed by atoms with Gasteiger partial charge in [0.1, 0.15) is 0 Å². The van der Waals surface area contributed by atoms with Crippen molar-refractivity contribution in [3.8, 4) is 0 Å². The van der Waals surface area contributed by atoms with Crippen molar-refractivity contribution < 1.29 is 14.3 Å². The minimum Gasteiger partial charge on any atom is -0.369 e. The number of fused-ring (bicyclic) bond motifs is 1. The van der Waals surface area contributed by atoms with Gasteiger partial charge in [0.25, 0.3) is 5.91 Å². The SMILES string of the molecule is Cc1cncc(C(=O)NC[C@H]2[C@H]3CN(C(=O)CC(C)C)C[C@]34CC[C@H]2O4)c1. The molecule has 3 aliphatic heterocycles. The van der Waals surface area contributed by atoms with E-state index < -0.39 is 0 Å². The summed E-state index contributed by atoms with van der Waals surface area (Å²) in [6, 6.07) is 1.85. The first-order valence-corrected chi connectivity index (χ1v) is 10.0. The summed E-state index contributed by atoms with van der Waals surface area (Å²) < 4.78 is 6.38. The maximum Gasteiger partial charge on any atom is 0.252 e. The number of hydrogen-bond donors (Lipinski definition) is 1. The second-order valence-electron chi connectivity index (χ2n) is 8.86. The van der Waals surface area contributed by atoms with Crippen LogP contribution in [0.25, 0.3) is 0 Å². The fourth-order valence-corrected chi connectivity index (χ4v) is 5.12. The molecule has 0 radical (unpaired) electrons. The van der Waals surface area contributed by atoms with Crippen molar-refractivity contribution in [2.45, 2.75) is 51.7 Å². The van der Waals surface area contributed by atoms with Crippen molar-refractivity contribution in [1.29, 1.82) is 0 Å². The van der Waals surface area contributed by atoms with Gasteiger partial charge in [-0.2, -0.15) is 0 Å². The van der Waals surface area contributed by atoms with Gasteiger partial charge >= 0.3 is 0 Å². The highest BCUT2D eigenvalue weighted by molar-refractivity contribution is 5.94. The predicted octanol–water partition coefficient (Wildman–Crippen LogP) is 2.17. The molecule has 3 saturated heterocycles. The summed E-state index contributed by atoms with van der Waals surface area (Å²) in [4.78, 5) is 31.1. The van der Waals surface area contributed by atoms with Crippen LogP contribution in [0.1, 0.15) is 49.0 Å². The van der Waals surface area contributed by atoms with Crippen molar-refractivity contribution >= 4 is 11.8 Å². The minimum absolute atomic E-state index is 0.0891. The van der Waals surface area contributed by atoms with E-state index in [1.807, 2.05) is 17.9 Å². The molecule has 3 aliphatic rings. The molecular weight excluding hydrogens is 342 g/mol. The number of aryl methyl sites for hydroxylation is 1. The van der Waals surface area contributed by atoms with E-state index in [0.29, 0.717) is 36.9 Å². The number of ether oxygens (including phenoxy) is 1. The van der Waals surface area contributed by atoms with Crippen molar-refractivity contribution in [2.75, 3.05) is 19.6 Å². The van der Waals surface area contributed by atoms with Gasteiger partial charge in [-0.15, -0.1) is 0 Å². The van der Waals surface area contributed by atoms with E-state index in [0.717, 1.165) is 24.9 Å². The Bertz CT molecular complexity index is 750. The number of amides is 2. The molecular formula is C21H29N3O3. The van der Waals surface area contributed by atoms with Crippen LogP contribution in [0.5, 0.6) is 0 Å². The first-order valence-electron chi connectivity index (χ1n) is 10.0. The fourth-order valence-electron chi connectivity index (χ4n) is 5.12. The molecule has 27 heavy (non-hydrogen) atoms. The van der Waals surface area contributed by atoms with Crippen LogP contribution in [-0.2, 0) is 9.53 Å². The zero-order valence-electron chi connectivity index (χ0n) is 16.4.